The highest BCUT2D eigenvalue weighted by atomic mass is 19.1. The Morgan fingerprint density at radius 3 is 2.40 bits per heavy atom. The summed E-state index contributed by atoms with van der Waals surface area (Å²) in [5, 5.41) is 0. The molecular formula is C16H25FN2O. The van der Waals surface area contributed by atoms with E-state index in [0.29, 0.717) is 19.0 Å². The van der Waals surface area contributed by atoms with Gasteiger partial charge in [-0.2, -0.15) is 0 Å². The predicted molar refractivity (Wildman–Crippen MR) is 80.4 cm³/mol. The highest BCUT2D eigenvalue weighted by molar-refractivity contribution is 5.94. The van der Waals surface area contributed by atoms with E-state index in [0.717, 1.165) is 12.1 Å². The van der Waals surface area contributed by atoms with Gasteiger partial charge in [-0.1, -0.05) is 19.9 Å². The lowest BCUT2D eigenvalue weighted by molar-refractivity contribution is 0.0720. The Morgan fingerprint density at radius 2 is 1.90 bits per heavy atom. The van der Waals surface area contributed by atoms with Crippen LogP contribution in [0.1, 0.15) is 29.8 Å². The molecule has 0 fully saturated rings. The number of amides is 1. The predicted octanol–water partition coefficient (Wildman–Crippen LogP) is 2.79. The van der Waals surface area contributed by atoms with Gasteiger partial charge in [0.25, 0.3) is 5.91 Å². The van der Waals surface area contributed by atoms with Gasteiger partial charge in [0.1, 0.15) is 5.82 Å². The van der Waals surface area contributed by atoms with Crippen molar-refractivity contribution in [1.29, 1.82) is 0 Å². The number of halogens is 1. The summed E-state index contributed by atoms with van der Waals surface area (Å²) < 4.78 is 13.9. The molecule has 0 heterocycles. The Kier molecular flexibility index (Phi) is 6.14. The van der Waals surface area contributed by atoms with Crippen LogP contribution in [0.25, 0.3) is 0 Å². The Morgan fingerprint density at radius 1 is 1.25 bits per heavy atom. The van der Waals surface area contributed by atoms with Gasteiger partial charge in [0.05, 0.1) is 5.56 Å². The molecule has 0 unspecified atom stereocenters. The first kappa shape index (κ1) is 16.6. The standard InChI is InChI=1S/C16H25FN2O/c1-12(2)11-19(9-8-18(4)5)16(20)14-7-6-13(3)10-15(14)17/h6-7,10,12H,8-9,11H2,1-5H3. The molecule has 0 spiro atoms. The quantitative estimate of drug-likeness (QED) is 0.800. The fourth-order valence-corrected chi connectivity index (χ4v) is 2.00. The van der Waals surface area contributed by atoms with Crippen LogP contribution in [0.15, 0.2) is 18.2 Å². The molecule has 0 aliphatic heterocycles. The molecule has 1 rings (SSSR count). The van der Waals surface area contributed by atoms with Gasteiger partial charge in [-0.3, -0.25) is 4.79 Å². The third-order valence-corrected chi connectivity index (χ3v) is 3.04. The lowest BCUT2D eigenvalue weighted by Gasteiger charge is -2.26. The number of hydrogen-bond donors (Lipinski definition) is 0. The van der Waals surface area contributed by atoms with Crippen LogP contribution in [-0.2, 0) is 0 Å². The first-order valence-corrected chi connectivity index (χ1v) is 7.01. The maximum atomic E-state index is 13.9. The molecule has 1 aromatic rings. The number of benzene rings is 1. The molecule has 0 radical (unpaired) electrons. The minimum Gasteiger partial charge on any atom is -0.337 e. The number of hydrogen-bond acceptors (Lipinski definition) is 2. The zero-order valence-electron chi connectivity index (χ0n) is 13.1. The van der Waals surface area contributed by atoms with E-state index in [4.69, 9.17) is 0 Å². The van der Waals surface area contributed by atoms with E-state index in [1.807, 2.05) is 25.9 Å². The molecule has 0 N–H and O–H groups in total. The molecule has 0 aliphatic carbocycles. The van der Waals surface area contributed by atoms with Crippen LogP contribution in [-0.4, -0.2) is 49.4 Å². The Bertz CT molecular complexity index is 458. The average molecular weight is 280 g/mol. The zero-order valence-corrected chi connectivity index (χ0v) is 13.1. The van der Waals surface area contributed by atoms with Gasteiger partial charge in [0.2, 0.25) is 0 Å². The normalized spacial score (nSPS) is 11.2. The number of likely N-dealkylation sites (N-methyl/N-ethyl adjacent to an activating group) is 1. The van der Waals surface area contributed by atoms with Crippen molar-refractivity contribution in [2.24, 2.45) is 5.92 Å². The number of carbonyl (C=O) groups is 1. The minimum atomic E-state index is -0.436. The molecule has 0 aromatic heterocycles. The molecule has 0 saturated heterocycles. The van der Waals surface area contributed by atoms with Crippen LogP contribution in [0.4, 0.5) is 4.39 Å². The van der Waals surface area contributed by atoms with Gasteiger partial charge in [-0.05, 0) is 44.6 Å². The van der Waals surface area contributed by atoms with E-state index in [2.05, 4.69) is 13.8 Å². The van der Waals surface area contributed by atoms with Crippen molar-refractivity contribution < 1.29 is 9.18 Å². The van der Waals surface area contributed by atoms with E-state index in [1.165, 1.54) is 6.07 Å². The molecular weight excluding hydrogens is 255 g/mol. The molecule has 1 aromatic carbocycles. The van der Waals surface area contributed by atoms with Crippen LogP contribution >= 0.6 is 0 Å². The van der Waals surface area contributed by atoms with Crippen molar-refractivity contribution in [2.45, 2.75) is 20.8 Å². The lowest BCUT2D eigenvalue weighted by Crippen LogP contribution is -2.39. The SMILES string of the molecule is Cc1ccc(C(=O)N(CCN(C)C)CC(C)C)c(F)c1. The molecule has 112 valence electrons. The highest BCUT2D eigenvalue weighted by Gasteiger charge is 2.20. The fourth-order valence-electron chi connectivity index (χ4n) is 2.00. The Labute approximate surface area is 121 Å². The maximum absolute atomic E-state index is 13.9. The summed E-state index contributed by atoms with van der Waals surface area (Å²) in [6, 6.07) is 4.76. The number of carbonyl (C=O) groups excluding carboxylic acids is 1. The van der Waals surface area contributed by atoms with Crippen LogP contribution < -0.4 is 0 Å². The van der Waals surface area contributed by atoms with E-state index in [9.17, 15) is 9.18 Å². The Balaban J connectivity index is 2.90. The Hall–Kier alpha value is -1.42. The molecule has 0 aliphatic rings. The zero-order chi connectivity index (χ0) is 15.3. The van der Waals surface area contributed by atoms with Gasteiger partial charge in [-0.15, -0.1) is 0 Å². The van der Waals surface area contributed by atoms with Gasteiger partial charge in [-0.25, -0.2) is 4.39 Å². The number of nitrogens with zero attached hydrogens (tertiary/aromatic N) is 2. The lowest BCUT2D eigenvalue weighted by atomic mass is 10.1. The summed E-state index contributed by atoms with van der Waals surface area (Å²) in [6.07, 6.45) is 0. The fraction of sp³-hybridized carbons (Fsp3) is 0.562. The van der Waals surface area contributed by atoms with Gasteiger partial charge in [0.15, 0.2) is 0 Å². The largest absolute Gasteiger partial charge is 0.337 e. The molecule has 20 heavy (non-hydrogen) atoms. The summed E-state index contributed by atoms with van der Waals surface area (Å²) in [6.45, 7) is 7.95. The monoisotopic (exact) mass is 280 g/mol. The maximum Gasteiger partial charge on any atom is 0.256 e. The molecule has 0 bridgehead atoms. The summed E-state index contributed by atoms with van der Waals surface area (Å²) in [7, 11) is 3.93. The number of rotatable bonds is 6. The van der Waals surface area contributed by atoms with Crippen LogP contribution in [0.2, 0.25) is 0 Å². The molecule has 0 atom stereocenters. The van der Waals surface area contributed by atoms with Crippen molar-refractivity contribution in [1.82, 2.24) is 9.80 Å². The van der Waals surface area contributed by atoms with E-state index >= 15 is 0 Å². The van der Waals surface area contributed by atoms with Gasteiger partial charge in [0, 0.05) is 19.6 Å². The van der Waals surface area contributed by atoms with Crippen molar-refractivity contribution in [3.8, 4) is 0 Å². The summed E-state index contributed by atoms with van der Waals surface area (Å²) in [5.74, 6) is -0.304. The topological polar surface area (TPSA) is 23.6 Å². The molecule has 0 saturated carbocycles. The summed E-state index contributed by atoms with van der Waals surface area (Å²) in [4.78, 5) is 16.2. The van der Waals surface area contributed by atoms with E-state index in [-0.39, 0.29) is 11.5 Å². The van der Waals surface area contributed by atoms with E-state index in [1.54, 1.807) is 17.0 Å². The second-order valence-corrected chi connectivity index (χ2v) is 5.93. The van der Waals surface area contributed by atoms with Crippen molar-refractivity contribution in [2.75, 3.05) is 33.7 Å². The van der Waals surface area contributed by atoms with E-state index < -0.39 is 5.82 Å². The van der Waals surface area contributed by atoms with Crippen LogP contribution in [0.3, 0.4) is 0 Å². The highest BCUT2D eigenvalue weighted by Crippen LogP contribution is 2.13. The second-order valence-electron chi connectivity index (χ2n) is 5.93. The minimum absolute atomic E-state index is 0.162. The van der Waals surface area contributed by atoms with Crippen LogP contribution in [0, 0.1) is 18.7 Å². The van der Waals surface area contributed by atoms with Gasteiger partial charge >= 0.3 is 0 Å². The van der Waals surface area contributed by atoms with Crippen molar-refractivity contribution >= 4 is 5.91 Å². The van der Waals surface area contributed by atoms with Crippen LogP contribution in [0.5, 0.6) is 0 Å². The van der Waals surface area contributed by atoms with Crippen molar-refractivity contribution in [3.63, 3.8) is 0 Å². The molecule has 4 heteroatoms. The summed E-state index contributed by atoms with van der Waals surface area (Å²) in [5.41, 5.74) is 0.984. The third kappa shape index (κ3) is 4.93. The van der Waals surface area contributed by atoms with Crippen molar-refractivity contribution in [3.05, 3.63) is 35.1 Å². The molecule has 3 nitrogen and oxygen atoms in total. The smallest absolute Gasteiger partial charge is 0.256 e. The first-order valence-electron chi connectivity index (χ1n) is 7.01. The van der Waals surface area contributed by atoms with Gasteiger partial charge < -0.3 is 9.80 Å². The number of aryl methyl sites for hydroxylation is 1. The average Bonchev–Trinajstić information content (AvgIpc) is 2.33. The second kappa shape index (κ2) is 7.39. The summed E-state index contributed by atoms with van der Waals surface area (Å²) >= 11 is 0. The third-order valence-electron chi connectivity index (χ3n) is 3.04. The first-order chi connectivity index (χ1) is 9.31. The molecule has 1 amide bonds.